The van der Waals surface area contributed by atoms with Gasteiger partial charge in [0.25, 0.3) is 0 Å². The lowest BCUT2D eigenvalue weighted by atomic mass is 9.84. The molecule has 0 heterocycles. The summed E-state index contributed by atoms with van der Waals surface area (Å²) in [6.45, 7) is 8.47. The van der Waals surface area contributed by atoms with Gasteiger partial charge in [-0.05, 0) is 46.0 Å². The maximum absolute atomic E-state index is 11.7. The normalized spacial score (nSPS) is 24.4. The van der Waals surface area contributed by atoms with Gasteiger partial charge in [0, 0.05) is 18.6 Å². The van der Waals surface area contributed by atoms with Crippen LogP contribution in [0.5, 0.6) is 0 Å². The lowest BCUT2D eigenvalue weighted by molar-refractivity contribution is 0.0508. The molecule has 1 aliphatic rings. The number of hydrogen-bond donors (Lipinski definition) is 3. The molecule has 1 fully saturated rings. The molecule has 124 valence electrons. The lowest BCUT2D eigenvalue weighted by Crippen LogP contribution is -2.49. The van der Waals surface area contributed by atoms with Crippen LogP contribution in [0.1, 0.15) is 59.8 Å². The molecule has 3 atom stereocenters. The molecule has 1 rings (SSSR count). The van der Waals surface area contributed by atoms with Crippen molar-refractivity contribution >= 4 is 6.09 Å². The van der Waals surface area contributed by atoms with E-state index in [2.05, 4.69) is 17.6 Å². The highest BCUT2D eigenvalue weighted by molar-refractivity contribution is 5.67. The topological polar surface area (TPSA) is 70.6 Å². The first-order chi connectivity index (χ1) is 9.85. The highest BCUT2D eigenvalue weighted by atomic mass is 16.6. The molecule has 0 aliphatic heterocycles. The van der Waals surface area contributed by atoms with Gasteiger partial charge in [0.05, 0.1) is 6.61 Å². The molecule has 0 bridgehead atoms. The summed E-state index contributed by atoms with van der Waals surface area (Å²) >= 11 is 0. The van der Waals surface area contributed by atoms with Crippen molar-refractivity contribution in [3.63, 3.8) is 0 Å². The Labute approximate surface area is 128 Å². The Kier molecular flexibility index (Phi) is 7.46. The number of alkyl carbamates (subject to hydrolysis) is 1. The number of amides is 1. The van der Waals surface area contributed by atoms with Crippen LogP contribution in [0.25, 0.3) is 0 Å². The molecule has 0 aromatic carbocycles. The van der Waals surface area contributed by atoms with E-state index in [-0.39, 0.29) is 18.7 Å². The molecule has 0 spiro atoms. The van der Waals surface area contributed by atoms with E-state index in [0.29, 0.717) is 18.5 Å². The fourth-order valence-electron chi connectivity index (χ4n) is 2.80. The minimum absolute atomic E-state index is 0.150. The first kappa shape index (κ1) is 18.2. The van der Waals surface area contributed by atoms with Crippen LogP contribution in [0.15, 0.2) is 0 Å². The standard InChI is InChI=1S/C16H32N2O3/c1-5-13(11-19)18-14-9-7-6-8-12(14)10-17-15(20)21-16(2,3)4/h12-14,18-19H,5-11H2,1-4H3,(H,17,20)/t12?,13-,14?/m1/s1. The Morgan fingerprint density at radius 2 is 2.00 bits per heavy atom. The first-order valence-electron chi connectivity index (χ1n) is 8.19. The molecule has 1 amide bonds. The average Bonchev–Trinajstić information content (AvgIpc) is 2.41. The van der Waals surface area contributed by atoms with Crippen LogP contribution < -0.4 is 10.6 Å². The maximum Gasteiger partial charge on any atom is 0.407 e. The Bertz CT molecular complexity index is 311. The zero-order valence-electron chi connectivity index (χ0n) is 13.9. The monoisotopic (exact) mass is 300 g/mol. The number of carbonyl (C=O) groups is 1. The smallest absolute Gasteiger partial charge is 0.407 e. The van der Waals surface area contributed by atoms with Gasteiger partial charge < -0.3 is 20.5 Å². The predicted molar refractivity (Wildman–Crippen MR) is 84.3 cm³/mol. The summed E-state index contributed by atoms with van der Waals surface area (Å²) in [7, 11) is 0. The number of carbonyl (C=O) groups excluding carboxylic acids is 1. The fraction of sp³-hybridized carbons (Fsp3) is 0.938. The van der Waals surface area contributed by atoms with E-state index >= 15 is 0 Å². The highest BCUT2D eigenvalue weighted by Crippen LogP contribution is 2.24. The van der Waals surface area contributed by atoms with Crippen molar-refractivity contribution in [1.29, 1.82) is 0 Å². The van der Waals surface area contributed by atoms with Gasteiger partial charge in [-0.1, -0.05) is 19.8 Å². The lowest BCUT2D eigenvalue weighted by Gasteiger charge is -2.35. The summed E-state index contributed by atoms with van der Waals surface area (Å²) in [5, 5.41) is 15.8. The zero-order valence-corrected chi connectivity index (χ0v) is 13.9. The molecule has 0 saturated heterocycles. The first-order valence-corrected chi connectivity index (χ1v) is 8.19. The molecule has 5 heteroatoms. The third-order valence-corrected chi connectivity index (χ3v) is 3.98. The van der Waals surface area contributed by atoms with Crippen LogP contribution in [0.2, 0.25) is 0 Å². The Morgan fingerprint density at radius 3 is 2.57 bits per heavy atom. The number of hydrogen-bond acceptors (Lipinski definition) is 4. The van der Waals surface area contributed by atoms with Gasteiger partial charge in [-0.2, -0.15) is 0 Å². The van der Waals surface area contributed by atoms with E-state index in [4.69, 9.17) is 4.74 Å². The van der Waals surface area contributed by atoms with Gasteiger partial charge in [0.15, 0.2) is 0 Å². The molecule has 1 saturated carbocycles. The molecule has 0 aromatic heterocycles. The zero-order chi connectivity index (χ0) is 15.9. The van der Waals surface area contributed by atoms with Crippen LogP contribution in [0.3, 0.4) is 0 Å². The maximum atomic E-state index is 11.7. The fourth-order valence-corrected chi connectivity index (χ4v) is 2.80. The molecular formula is C16H32N2O3. The second kappa shape index (κ2) is 8.59. The molecule has 3 N–H and O–H groups in total. The number of rotatable bonds is 6. The van der Waals surface area contributed by atoms with E-state index in [1.165, 1.54) is 12.8 Å². The van der Waals surface area contributed by atoms with E-state index in [1.807, 2.05) is 20.8 Å². The quantitative estimate of drug-likeness (QED) is 0.704. The SMILES string of the molecule is CC[C@H](CO)NC1CCCCC1CNC(=O)OC(C)(C)C. The summed E-state index contributed by atoms with van der Waals surface area (Å²) in [6.07, 6.45) is 5.20. The van der Waals surface area contributed by atoms with Crippen LogP contribution >= 0.6 is 0 Å². The molecule has 5 nitrogen and oxygen atoms in total. The minimum Gasteiger partial charge on any atom is -0.444 e. The van der Waals surface area contributed by atoms with Gasteiger partial charge in [-0.15, -0.1) is 0 Å². The molecule has 1 aliphatic carbocycles. The van der Waals surface area contributed by atoms with Crippen molar-refractivity contribution in [1.82, 2.24) is 10.6 Å². The van der Waals surface area contributed by atoms with Crippen LogP contribution in [-0.4, -0.2) is 42.0 Å². The van der Waals surface area contributed by atoms with Crippen molar-refractivity contribution in [3.05, 3.63) is 0 Å². The molecule has 2 unspecified atom stereocenters. The second-order valence-electron chi connectivity index (χ2n) is 6.99. The Morgan fingerprint density at radius 1 is 1.33 bits per heavy atom. The summed E-state index contributed by atoms with van der Waals surface area (Å²) in [4.78, 5) is 11.7. The van der Waals surface area contributed by atoms with Crippen molar-refractivity contribution in [3.8, 4) is 0 Å². The van der Waals surface area contributed by atoms with Gasteiger partial charge in [-0.25, -0.2) is 4.79 Å². The molecular weight excluding hydrogens is 268 g/mol. The molecule has 0 radical (unpaired) electrons. The summed E-state index contributed by atoms with van der Waals surface area (Å²) in [5.41, 5.74) is -0.460. The molecule has 21 heavy (non-hydrogen) atoms. The number of nitrogens with one attached hydrogen (secondary N) is 2. The third-order valence-electron chi connectivity index (χ3n) is 3.98. The second-order valence-corrected chi connectivity index (χ2v) is 6.99. The Hall–Kier alpha value is -0.810. The third kappa shape index (κ3) is 7.14. The molecule has 0 aromatic rings. The van der Waals surface area contributed by atoms with Gasteiger partial charge in [0.2, 0.25) is 0 Å². The van der Waals surface area contributed by atoms with E-state index in [0.717, 1.165) is 19.3 Å². The number of ether oxygens (including phenoxy) is 1. The van der Waals surface area contributed by atoms with Gasteiger partial charge in [0.1, 0.15) is 5.60 Å². The van der Waals surface area contributed by atoms with Crippen LogP contribution in [-0.2, 0) is 4.74 Å². The highest BCUT2D eigenvalue weighted by Gasteiger charge is 2.27. The summed E-state index contributed by atoms with van der Waals surface area (Å²) in [5.74, 6) is 0.409. The Balaban J connectivity index is 2.44. The average molecular weight is 300 g/mol. The largest absolute Gasteiger partial charge is 0.444 e. The van der Waals surface area contributed by atoms with Crippen molar-refractivity contribution < 1.29 is 14.6 Å². The summed E-state index contributed by atoms with van der Waals surface area (Å²) in [6, 6.07) is 0.517. The number of aliphatic hydroxyl groups excluding tert-OH is 1. The van der Waals surface area contributed by atoms with Gasteiger partial charge in [-0.3, -0.25) is 0 Å². The van der Waals surface area contributed by atoms with Gasteiger partial charge >= 0.3 is 6.09 Å². The minimum atomic E-state index is -0.460. The van der Waals surface area contributed by atoms with Crippen molar-refractivity contribution in [2.75, 3.05) is 13.2 Å². The van der Waals surface area contributed by atoms with E-state index < -0.39 is 5.60 Å². The van der Waals surface area contributed by atoms with Crippen LogP contribution in [0, 0.1) is 5.92 Å². The van der Waals surface area contributed by atoms with E-state index in [9.17, 15) is 9.90 Å². The van der Waals surface area contributed by atoms with Crippen molar-refractivity contribution in [2.24, 2.45) is 5.92 Å². The van der Waals surface area contributed by atoms with Crippen LogP contribution in [0.4, 0.5) is 4.79 Å². The number of aliphatic hydroxyl groups is 1. The van der Waals surface area contributed by atoms with E-state index in [1.54, 1.807) is 0 Å². The summed E-state index contributed by atoms with van der Waals surface area (Å²) < 4.78 is 5.28. The predicted octanol–water partition coefficient (Wildman–Crippen LogP) is 2.43. The van der Waals surface area contributed by atoms with Crippen molar-refractivity contribution in [2.45, 2.75) is 77.5 Å².